The van der Waals surface area contributed by atoms with Crippen molar-refractivity contribution >= 4 is 23.2 Å². The quantitative estimate of drug-likeness (QED) is 0.747. The molecule has 0 fully saturated rings. The molecule has 2 aromatic rings. The van der Waals surface area contributed by atoms with Gasteiger partial charge in [0.05, 0.1) is 19.9 Å². The zero-order chi connectivity index (χ0) is 18.9. The number of anilines is 2. The zero-order valence-corrected chi connectivity index (χ0v) is 15.3. The Bertz CT molecular complexity index is 757. The Hall–Kier alpha value is -3.02. The third kappa shape index (κ3) is 5.24. The molecule has 2 amide bonds. The summed E-state index contributed by atoms with van der Waals surface area (Å²) < 4.78 is 10.4. The SMILES string of the molecule is CCCCC(=O)Nc1ccc(NC(=O)c2ccc(OC)cc2)cc1OC. The summed E-state index contributed by atoms with van der Waals surface area (Å²) >= 11 is 0. The maximum absolute atomic E-state index is 12.3. The van der Waals surface area contributed by atoms with Crippen molar-refractivity contribution in [2.45, 2.75) is 26.2 Å². The first-order valence-corrected chi connectivity index (χ1v) is 8.50. The Morgan fingerprint density at radius 1 is 0.962 bits per heavy atom. The van der Waals surface area contributed by atoms with Crippen LogP contribution < -0.4 is 20.1 Å². The van der Waals surface area contributed by atoms with Crippen LogP contribution >= 0.6 is 0 Å². The van der Waals surface area contributed by atoms with Crippen molar-refractivity contribution in [3.63, 3.8) is 0 Å². The van der Waals surface area contributed by atoms with Crippen LogP contribution in [0, 0.1) is 0 Å². The van der Waals surface area contributed by atoms with Gasteiger partial charge < -0.3 is 20.1 Å². The fourth-order valence-corrected chi connectivity index (χ4v) is 2.37. The Kier molecular flexibility index (Phi) is 7.02. The molecule has 2 rings (SSSR count). The highest BCUT2D eigenvalue weighted by molar-refractivity contribution is 6.04. The lowest BCUT2D eigenvalue weighted by Crippen LogP contribution is -2.13. The molecule has 0 aliphatic rings. The number of hydrogen-bond acceptors (Lipinski definition) is 4. The van der Waals surface area contributed by atoms with Crippen LogP contribution in [0.2, 0.25) is 0 Å². The van der Waals surface area contributed by atoms with Gasteiger partial charge in [0.25, 0.3) is 5.91 Å². The summed E-state index contributed by atoms with van der Waals surface area (Å²) in [6.07, 6.45) is 2.26. The minimum Gasteiger partial charge on any atom is -0.497 e. The summed E-state index contributed by atoms with van der Waals surface area (Å²) in [5, 5.41) is 5.64. The standard InChI is InChI=1S/C20H24N2O4/c1-4-5-6-19(23)22-17-12-9-15(13-18(17)26-3)21-20(24)14-7-10-16(25-2)11-8-14/h7-13H,4-6H2,1-3H3,(H,21,24)(H,22,23). The molecule has 6 nitrogen and oxygen atoms in total. The minimum absolute atomic E-state index is 0.0554. The van der Waals surface area contributed by atoms with Gasteiger partial charge in [0.2, 0.25) is 5.91 Å². The molecule has 138 valence electrons. The molecule has 0 aromatic heterocycles. The van der Waals surface area contributed by atoms with Gasteiger partial charge in [-0.3, -0.25) is 9.59 Å². The third-order valence-electron chi connectivity index (χ3n) is 3.84. The highest BCUT2D eigenvalue weighted by atomic mass is 16.5. The van der Waals surface area contributed by atoms with Gasteiger partial charge in [-0.25, -0.2) is 0 Å². The monoisotopic (exact) mass is 356 g/mol. The fourth-order valence-electron chi connectivity index (χ4n) is 2.37. The molecule has 0 bridgehead atoms. The lowest BCUT2D eigenvalue weighted by molar-refractivity contribution is -0.116. The third-order valence-corrected chi connectivity index (χ3v) is 3.84. The lowest BCUT2D eigenvalue weighted by Gasteiger charge is -2.13. The van der Waals surface area contributed by atoms with E-state index in [0.717, 1.165) is 12.8 Å². The van der Waals surface area contributed by atoms with E-state index in [1.807, 2.05) is 6.92 Å². The van der Waals surface area contributed by atoms with Crippen molar-refractivity contribution in [3.8, 4) is 11.5 Å². The van der Waals surface area contributed by atoms with Gasteiger partial charge >= 0.3 is 0 Å². The van der Waals surface area contributed by atoms with Crippen LogP contribution in [0.15, 0.2) is 42.5 Å². The number of hydrogen-bond donors (Lipinski definition) is 2. The van der Waals surface area contributed by atoms with E-state index in [0.29, 0.717) is 34.9 Å². The summed E-state index contributed by atoms with van der Waals surface area (Å²) in [7, 11) is 3.09. The normalized spacial score (nSPS) is 10.1. The van der Waals surface area contributed by atoms with Crippen LogP contribution in [0.1, 0.15) is 36.5 Å². The second-order valence-electron chi connectivity index (χ2n) is 5.75. The second-order valence-corrected chi connectivity index (χ2v) is 5.75. The molecule has 6 heteroatoms. The maximum atomic E-state index is 12.3. The Morgan fingerprint density at radius 3 is 2.31 bits per heavy atom. The molecule has 0 saturated heterocycles. The number of benzene rings is 2. The molecule has 0 aliphatic carbocycles. The largest absolute Gasteiger partial charge is 0.497 e. The van der Waals surface area contributed by atoms with Gasteiger partial charge in [-0.05, 0) is 42.8 Å². The number of rotatable bonds is 8. The molecular formula is C20H24N2O4. The predicted octanol–water partition coefficient (Wildman–Crippen LogP) is 4.08. The van der Waals surface area contributed by atoms with E-state index >= 15 is 0 Å². The lowest BCUT2D eigenvalue weighted by atomic mass is 10.2. The summed E-state index contributed by atoms with van der Waals surface area (Å²) in [5.41, 5.74) is 1.67. The van der Waals surface area contributed by atoms with Crippen molar-refractivity contribution in [3.05, 3.63) is 48.0 Å². The average Bonchev–Trinajstić information content (AvgIpc) is 2.67. The predicted molar refractivity (Wildman–Crippen MR) is 102 cm³/mol. The van der Waals surface area contributed by atoms with Gasteiger partial charge in [-0.2, -0.15) is 0 Å². The molecular weight excluding hydrogens is 332 g/mol. The van der Waals surface area contributed by atoms with Crippen molar-refractivity contribution in [2.24, 2.45) is 0 Å². The molecule has 0 spiro atoms. The minimum atomic E-state index is -0.241. The molecule has 0 unspecified atom stereocenters. The Balaban J connectivity index is 2.07. The molecule has 0 aliphatic heterocycles. The molecule has 26 heavy (non-hydrogen) atoms. The van der Waals surface area contributed by atoms with Gasteiger partial charge in [0.1, 0.15) is 11.5 Å². The smallest absolute Gasteiger partial charge is 0.255 e. The number of carbonyl (C=O) groups excluding carboxylic acids is 2. The second kappa shape index (κ2) is 9.46. The van der Waals surface area contributed by atoms with Gasteiger partial charge in [0.15, 0.2) is 0 Å². The van der Waals surface area contributed by atoms with Crippen LogP contribution in [0.4, 0.5) is 11.4 Å². The van der Waals surface area contributed by atoms with E-state index in [-0.39, 0.29) is 11.8 Å². The van der Waals surface area contributed by atoms with Crippen LogP contribution in [-0.4, -0.2) is 26.0 Å². The maximum Gasteiger partial charge on any atom is 0.255 e. The number of methoxy groups -OCH3 is 2. The van der Waals surface area contributed by atoms with E-state index in [9.17, 15) is 9.59 Å². The Morgan fingerprint density at radius 2 is 1.69 bits per heavy atom. The van der Waals surface area contributed by atoms with E-state index < -0.39 is 0 Å². The van der Waals surface area contributed by atoms with Crippen LogP contribution in [0.25, 0.3) is 0 Å². The summed E-state index contributed by atoms with van der Waals surface area (Å²) in [6.45, 7) is 2.04. The molecule has 0 saturated carbocycles. The van der Waals surface area contributed by atoms with E-state index in [2.05, 4.69) is 10.6 Å². The first-order valence-electron chi connectivity index (χ1n) is 8.50. The van der Waals surface area contributed by atoms with Crippen molar-refractivity contribution in [1.29, 1.82) is 0 Å². The molecule has 2 aromatic carbocycles. The van der Waals surface area contributed by atoms with Crippen LogP contribution in [0.5, 0.6) is 11.5 Å². The highest BCUT2D eigenvalue weighted by Gasteiger charge is 2.11. The van der Waals surface area contributed by atoms with E-state index in [1.54, 1.807) is 49.6 Å². The molecule has 2 N–H and O–H groups in total. The van der Waals surface area contributed by atoms with Crippen molar-refractivity contribution in [1.82, 2.24) is 0 Å². The van der Waals surface area contributed by atoms with Crippen LogP contribution in [-0.2, 0) is 4.79 Å². The fraction of sp³-hybridized carbons (Fsp3) is 0.300. The number of carbonyl (C=O) groups is 2. The van der Waals surface area contributed by atoms with Crippen LogP contribution in [0.3, 0.4) is 0 Å². The molecule has 0 heterocycles. The topological polar surface area (TPSA) is 76.7 Å². The first-order chi connectivity index (χ1) is 12.6. The average molecular weight is 356 g/mol. The number of unbranched alkanes of at least 4 members (excludes halogenated alkanes) is 1. The number of nitrogens with one attached hydrogen (secondary N) is 2. The van der Waals surface area contributed by atoms with E-state index in [1.165, 1.54) is 7.11 Å². The number of ether oxygens (including phenoxy) is 2. The summed E-state index contributed by atoms with van der Waals surface area (Å²) in [6, 6.07) is 11.9. The molecule has 0 radical (unpaired) electrons. The van der Waals surface area contributed by atoms with Gasteiger partial charge in [-0.1, -0.05) is 13.3 Å². The number of amides is 2. The first kappa shape index (κ1) is 19.3. The summed E-state index contributed by atoms with van der Waals surface area (Å²) in [5.74, 6) is 0.878. The summed E-state index contributed by atoms with van der Waals surface area (Å²) in [4.78, 5) is 24.2. The Labute approximate surface area is 153 Å². The van der Waals surface area contributed by atoms with Crippen molar-refractivity contribution < 1.29 is 19.1 Å². The van der Waals surface area contributed by atoms with Gasteiger partial charge in [0, 0.05) is 23.7 Å². The highest BCUT2D eigenvalue weighted by Crippen LogP contribution is 2.28. The van der Waals surface area contributed by atoms with Gasteiger partial charge in [-0.15, -0.1) is 0 Å². The molecule has 0 atom stereocenters. The zero-order valence-electron chi connectivity index (χ0n) is 15.3. The van der Waals surface area contributed by atoms with Crippen molar-refractivity contribution in [2.75, 3.05) is 24.9 Å². The van der Waals surface area contributed by atoms with E-state index in [4.69, 9.17) is 9.47 Å².